The van der Waals surface area contributed by atoms with Gasteiger partial charge in [0.15, 0.2) is 0 Å². The lowest BCUT2D eigenvalue weighted by molar-refractivity contribution is -0.385. The van der Waals surface area contributed by atoms with Crippen LogP contribution in [0.5, 0.6) is 0 Å². The van der Waals surface area contributed by atoms with E-state index >= 15 is 0 Å². The van der Waals surface area contributed by atoms with E-state index < -0.39 is 22.3 Å². The molecule has 26 heavy (non-hydrogen) atoms. The molecule has 0 spiro atoms. The van der Waals surface area contributed by atoms with Gasteiger partial charge in [0.2, 0.25) is 0 Å². The monoisotopic (exact) mass is 381 g/mol. The lowest BCUT2D eigenvalue weighted by Crippen LogP contribution is -2.43. The molecule has 0 radical (unpaired) electrons. The van der Waals surface area contributed by atoms with Crippen LogP contribution < -0.4 is 15.5 Å². The van der Waals surface area contributed by atoms with Crippen molar-refractivity contribution in [1.82, 2.24) is 10.3 Å². The third kappa shape index (κ3) is 4.44. The fourth-order valence-corrected chi connectivity index (χ4v) is 2.60. The van der Waals surface area contributed by atoms with E-state index in [0.717, 1.165) is 50.1 Å². The number of carbonyl (C=O) groups is 1. The van der Waals surface area contributed by atoms with Crippen molar-refractivity contribution in [1.29, 1.82) is 0 Å². The van der Waals surface area contributed by atoms with Crippen molar-refractivity contribution in [3.63, 3.8) is 0 Å². The predicted molar refractivity (Wildman–Crippen MR) is 97.6 cm³/mol. The van der Waals surface area contributed by atoms with Crippen LogP contribution in [0.4, 0.5) is 21.6 Å². The van der Waals surface area contributed by atoms with Crippen molar-refractivity contribution < 1.29 is 14.1 Å². The highest BCUT2D eigenvalue weighted by atomic mass is 35.5. The second kappa shape index (κ2) is 8.54. The molecule has 1 aromatic heterocycles. The van der Waals surface area contributed by atoms with E-state index in [9.17, 15) is 19.3 Å². The Morgan fingerprint density at radius 2 is 2.00 bits per heavy atom. The number of nitro benzene ring substituents is 1. The molecular formula is C16H17ClFN5O3. The molecule has 3 rings (SSSR count). The zero-order valence-electron chi connectivity index (χ0n) is 13.6. The van der Waals surface area contributed by atoms with Crippen molar-refractivity contribution in [3.8, 4) is 0 Å². The summed E-state index contributed by atoms with van der Waals surface area (Å²) in [6, 6.07) is 6.16. The molecule has 2 N–H and O–H groups in total. The zero-order chi connectivity index (χ0) is 17.8. The van der Waals surface area contributed by atoms with Crippen molar-refractivity contribution in [3.05, 3.63) is 58.0 Å². The summed E-state index contributed by atoms with van der Waals surface area (Å²) < 4.78 is 13.3. The topological polar surface area (TPSA) is 100 Å². The molecule has 1 saturated heterocycles. The highest BCUT2D eigenvalue weighted by Crippen LogP contribution is 2.21. The minimum absolute atomic E-state index is 0. The number of amides is 1. The molecule has 1 aromatic carbocycles. The molecule has 2 aromatic rings. The minimum atomic E-state index is -0.784. The average molecular weight is 382 g/mol. The van der Waals surface area contributed by atoms with E-state index in [-0.39, 0.29) is 23.8 Å². The number of aromatic nitrogens is 1. The molecule has 8 nitrogen and oxygen atoms in total. The number of piperazine rings is 1. The number of rotatable bonds is 4. The molecule has 1 aliphatic heterocycles. The van der Waals surface area contributed by atoms with Gasteiger partial charge in [0.05, 0.1) is 16.8 Å². The van der Waals surface area contributed by atoms with Gasteiger partial charge >= 0.3 is 0 Å². The van der Waals surface area contributed by atoms with Crippen molar-refractivity contribution in [2.24, 2.45) is 0 Å². The quantitative estimate of drug-likeness (QED) is 0.622. The number of benzene rings is 1. The number of halogens is 2. The summed E-state index contributed by atoms with van der Waals surface area (Å²) in [5.41, 5.74) is 0.116. The van der Waals surface area contributed by atoms with Gasteiger partial charge in [-0.2, -0.15) is 0 Å². The van der Waals surface area contributed by atoms with Gasteiger partial charge in [-0.25, -0.2) is 9.37 Å². The van der Waals surface area contributed by atoms with Gasteiger partial charge in [0.1, 0.15) is 17.2 Å². The third-order valence-electron chi connectivity index (χ3n) is 3.87. The molecule has 1 amide bonds. The lowest BCUT2D eigenvalue weighted by Gasteiger charge is -2.29. The molecule has 0 aliphatic carbocycles. The number of nitro groups is 1. The fraction of sp³-hybridized carbons (Fsp3) is 0.250. The molecule has 0 bridgehead atoms. The number of hydrogen-bond acceptors (Lipinski definition) is 6. The van der Waals surface area contributed by atoms with Crippen LogP contribution in [0, 0.1) is 15.9 Å². The molecule has 138 valence electrons. The van der Waals surface area contributed by atoms with Gasteiger partial charge in [-0.05, 0) is 24.3 Å². The van der Waals surface area contributed by atoms with Gasteiger partial charge in [-0.15, -0.1) is 12.4 Å². The second-order valence-corrected chi connectivity index (χ2v) is 5.51. The Kier molecular flexibility index (Phi) is 6.42. The Morgan fingerprint density at radius 3 is 2.62 bits per heavy atom. The van der Waals surface area contributed by atoms with E-state index in [1.807, 2.05) is 6.07 Å². The first-order valence-corrected chi connectivity index (χ1v) is 7.71. The van der Waals surface area contributed by atoms with E-state index in [1.54, 1.807) is 12.3 Å². The van der Waals surface area contributed by atoms with Gasteiger partial charge < -0.3 is 15.5 Å². The highest BCUT2D eigenvalue weighted by Gasteiger charge is 2.21. The molecule has 0 unspecified atom stereocenters. The van der Waals surface area contributed by atoms with E-state index in [2.05, 4.69) is 20.5 Å². The molecule has 10 heteroatoms. The first-order chi connectivity index (χ1) is 12.0. The molecule has 0 atom stereocenters. The van der Waals surface area contributed by atoms with Crippen LogP contribution in [0.15, 0.2) is 36.5 Å². The van der Waals surface area contributed by atoms with Crippen molar-refractivity contribution in [2.75, 3.05) is 36.4 Å². The van der Waals surface area contributed by atoms with Crippen LogP contribution in [-0.4, -0.2) is 42.0 Å². The number of carbonyl (C=O) groups excluding carboxylic acids is 1. The zero-order valence-corrected chi connectivity index (χ0v) is 14.5. The standard InChI is InChI=1S/C16H16FN5O3.ClH/c17-11-1-3-14(22(24)25)13(9-11)16(23)20-15-4-2-12(10-19-15)21-7-5-18-6-8-21;/h1-4,9-10,18H,5-8H2,(H,19,20,23);1H. The SMILES string of the molecule is Cl.O=C(Nc1ccc(N2CCNCC2)cn1)c1cc(F)ccc1[N+](=O)[O-]. The Labute approximate surface area is 155 Å². The van der Waals surface area contributed by atoms with Crippen molar-refractivity contribution in [2.45, 2.75) is 0 Å². The largest absolute Gasteiger partial charge is 0.368 e. The second-order valence-electron chi connectivity index (χ2n) is 5.51. The average Bonchev–Trinajstić information content (AvgIpc) is 2.62. The Bertz CT molecular complexity index is 797. The molecule has 1 fully saturated rings. The number of nitrogens with zero attached hydrogens (tertiary/aromatic N) is 3. The van der Waals surface area contributed by atoms with Crippen LogP contribution in [-0.2, 0) is 0 Å². The highest BCUT2D eigenvalue weighted by molar-refractivity contribution is 6.06. The molecular weight excluding hydrogens is 365 g/mol. The minimum Gasteiger partial charge on any atom is -0.368 e. The maximum absolute atomic E-state index is 13.3. The number of nitrogens with one attached hydrogen (secondary N) is 2. The molecule has 0 saturated carbocycles. The summed E-state index contributed by atoms with van der Waals surface area (Å²) in [6.07, 6.45) is 1.63. The van der Waals surface area contributed by atoms with Crippen LogP contribution in [0.2, 0.25) is 0 Å². The maximum atomic E-state index is 13.3. The summed E-state index contributed by atoms with van der Waals surface area (Å²) in [5, 5.41) is 16.7. The number of anilines is 2. The van der Waals surface area contributed by atoms with Gasteiger partial charge in [0.25, 0.3) is 11.6 Å². The van der Waals surface area contributed by atoms with Gasteiger partial charge in [-0.3, -0.25) is 14.9 Å². The summed E-state index contributed by atoms with van der Waals surface area (Å²) in [5.74, 6) is -1.27. The number of hydrogen-bond donors (Lipinski definition) is 2. The van der Waals surface area contributed by atoms with Gasteiger partial charge in [-0.1, -0.05) is 0 Å². The fourth-order valence-electron chi connectivity index (χ4n) is 2.60. The van der Waals surface area contributed by atoms with E-state index in [0.29, 0.717) is 0 Å². The van der Waals surface area contributed by atoms with Gasteiger partial charge in [0, 0.05) is 32.2 Å². The Balaban J connectivity index is 0.00000243. The normalized spacial score (nSPS) is 13.7. The summed E-state index contributed by atoms with van der Waals surface area (Å²) in [7, 11) is 0. The molecule has 1 aliphatic rings. The Morgan fingerprint density at radius 1 is 1.27 bits per heavy atom. The Hall–Kier alpha value is -2.78. The van der Waals surface area contributed by atoms with Crippen LogP contribution in [0.3, 0.4) is 0 Å². The van der Waals surface area contributed by atoms with Crippen LogP contribution >= 0.6 is 12.4 Å². The first kappa shape index (κ1) is 19.5. The van der Waals surface area contributed by atoms with E-state index in [4.69, 9.17) is 0 Å². The van der Waals surface area contributed by atoms with Crippen molar-refractivity contribution >= 4 is 35.5 Å². The first-order valence-electron chi connectivity index (χ1n) is 7.71. The number of pyridine rings is 1. The smallest absolute Gasteiger partial charge is 0.282 e. The predicted octanol–water partition coefficient (Wildman–Crippen LogP) is 2.21. The lowest BCUT2D eigenvalue weighted by atomic mass is 10.1. The third-order valence-corrected chi connectivity index (χ3v) is 3.87. The summed E-state index contributed by atoms with van der Waals surface area (Å²) >= 11 is 0. The molecule has 2 heterocycles. The summed E-state index contributed by atoms with van der Waals surface area (Å²) in [6.45, 7) is 3.51. The maximum Gasteiger partial charge on any atom is 0.282 e. The van der Waals surface area contributed by atoms with Crippen LogP contribution in [0.1, 0.15) is 10.4 Å². The van der Waals surface area contributed by atoms with E-state index in [1.165, 1.54) is 0 Å². The van der Waals surface area contributed by atoms with Crippen LogP contribution in [0.25, 0.3) is 0 Å². The summed E-state index contributed by atoms with van der Waals surface area (Å²) in [4.78, 5) is 28.8.